The first-order chi connectivity index (χ1) is 6.65. The van der Waals surface area contributed by atoms with Crippen LogP contribution in [-0.4, -0.2) is 29.3 Å². The first-order valence-corrected chi connectivity index (χ1v) is 4.90. The van der Waals surface area contributed by atoms with E-state index in [0.29, 0.717) is 6.61 Å². The molecule has 80 valence electrons. The summed E-state index contributed by atoms with van der Waals surface area (Å²) in [6, 6.07) is 0.213. The van der Waals surface area contributed by atoms with Gasteiger partial charge < -0.3 is 14.6 Å². The van der Waals surface area contributed by atoms with Gasteiger partial charge in [0.15, 0.2) is 0 Å². The number of imidazole rings is 1. The lowest BCUT2D eigenvalue weighted by atomic mass is 10.2. The van der Waals surface area contributed by atoms with E-state index < -0.39 is 0 Å². The third-order valence-corrected chi connectivity index (χ3v) is 2.16. The Balaban J connectivity index is 2.58. The molecule has 0 radical (unpaired) electrons. The Morgan fingerprint density at radius 1 is 1.57 bits per heavy atom. The summed E-state index contributed by atoms with van der Waals surface area (Å²) in [5.74, 6) is 0. The number of rotatable bonds is 5. The molecule has 1 N–H and O–H groups in total. The van der Waals surface area contributed by atoms with Crippen LogP contribution >= 0.6 is 0 Å². The summed E-state index contributed by atoms with van der Waals surface area (Å²) in [4.78, 5) is 4.09. The van der Waals surface area contributed by atoms with Crippen molar-refractivity contribution in [1.82, 2.24) is 14.9 Å². The van der Waals surface area contributed by atoms with Crippen molar-refractivity contribution >= 4 is 0 Å². The van der Waals surface area contributed by atoms with E-state index in [4.69, 9.17) is 4.74 Å². The highest BCUT2D eigenvalue weighted by molar-refractivity contribution is 5.04. The molecule has 1 aromatic rings. The van der Waals surface area contributed by atoms with Gasteiger partial charge in [-0.1, -0.05) is 0 Å². The van der Waals surface area contributed by atoms with Crippen LogP contribution in [0, 0.1) is 0 Å². The fraction of sp³-hybridized carbons (Fsp3) is 0.700. The van der Waals surface area contributed by atoms with Crippen molar-refractivity contribution in [2.75, 3.05) is 13.7 Å². The van der Waals surface area contributed by atoms with Gasteiger partial charge in [-0.2, -0.15) is 0 Å². The van der Waals surface area contributed by atoms with Crippen LogP contribution in [0.4, 0.5) is 0 Å². The lowest BCUT2D eigenvalue weighted by Crippen LogP contribution is -2.25. The Morgan fingerprint density at radius 2 is 2.29 bits per heavy atom. The summed E-state index contributed by atoms with van der Waals surface area (Å²) < 4.78 is 7.57. The Labute approximate surface area is 85.3 Å². The van der Waals surface area contributed by atoms with Gasteiger partial charge in [0.1, 0.15) is 0 Å². The quantitative estimate of drug-likeness (QED) is 0.768. The lowest BCUT2D eigenvalue weighted by molar-refractivity contribution is 0.0613. The van der Waals surface area contributed by atoms with Crippen molar-refractivity contribution in [3.8, 4) is 0 Å². The summed E-state index contributed by atoms with van der Waals surface area (Å²) in [7, 11) is 3.92. The normalized spacial score (nSPS) is 13.5. The molecule has 1 aromatic heterocycles. The summed E-state index contributed by atoms with van der Waals surface area (Å²) in [6.07, 6.45) is 3.93. The van der Waals surface area contributed by atoms with Crippen LogP contribution in [0.3, 0.4) is 0 Å². The van der Waals surface area contributed by atoms with Crippen molar-refractivity contribution in [1.29, 1.82) is 0 Å². The van der Waals surface area contributed by atoms with Gasteiger partial charge in [-0.25, -0.2) is 4.98 Å². The van der Waals surface area contributed by atoms with Crippen LogP contribution in [0.5, 0.6) is 0 Å². The van der Waals surface area contributed by atoms with E-state index in [1.807, 2.05) is 38.7 Å². The third-order valence-electron chi connectivity index (χ3n) is 2.16. The Kier molecular flexibility index (Phi) is 4.10. The molecule has 14 heavy (non-hydrogen) atoms. The highest BCUT2D eigenvalue weighted by Crippen LogP contribution is 2.11. The zero-order chi connectivity index (χ0) is 10.6. The molecule has 0 bridgehead atoms. The van der Waals surface area contributed by atoms with E-state index in [-0.39, 0.29) is 12.1 Å². The first-order valence-electron chi connectivity index (χ1n) is 4.90. The number of nitrogens with one attached hydrogen (secondary N) is 1. The van der Waals surface area contributed by atoms with Crippen LogP contribution in [0.2, 0.25) is 0 Å². The van der Waals surface area contributed by atoms with Crippen molar-refractivity contribution in [2.24, 2.45) is 7.05 Å². The van der Waals surface area contributed by atoms with Gasteiger partial charge in [0.05, 0.1) is 30.8 Å². The predicted octanol–water partition coefficient (Wildman–Crippen LogP) is 1.11. The highest BCUT2D eigenvalue weighted by atomic mass is 16.5. The summed E-state index contributed by atoms with van der Waals surface area (Å²) in [5.41, 5.74) is 1.15. The number of ether oxygens (including phenoxy) is 1. The van der Waals surface area contributed by atoms with Crippen LogP contribution in [-0.2, 0) is 11.8 Å². The van der Waals surface area contributed by atoms with Crippen LogP contribution in [0.1, 0.15) is 25.6 Å². The van der Waals surface area contributed by atoms with Gasteiger partial charge >= 0.3 is 0 Å². The maximum absolute atomic E-state index is 5.57. The number of hydrogen-bond acceptors (Lipinski definition) is 3. The molecule has 0 aromatic carbocycles. The van der Waals surface area contributed by atoms with Crippen molar-refractivity contribution in [3.05, 3.63) is 18.2 Å². The molecule has 4 heteroatoms. The van der Waals surface area contributed by atoms with Crippen molar-refractivity contribution in [2.45, 2.75) is 26.0 Å². The molecule has 1 heterocycles. The van der Waals surface area contributed by atoms with Gasteiger partial charge in [0, 0.05) is 13.2 Å². The molecule has 0 aliphatic carbocycles. The molecule has 1 unspecified atom stereocenters. The van der Waals surface area contributed by atoms with Crippen molar-refractivity contribution in [3.63, 3.8) is 0 Å². The number of hydrogen-bond donors (Lipinski definition) is 1. The number of nitrogens with zero attached hydrogens (tertiary/aromatic N) is 2. The second-order valence-electron chi connectivity index (χ2n) is 3.65. The molecule has 0 aliphatic heterocycles. The molecule has 0 fully saturated rings. The Bertz CT molecular complexity index is 270. The van der Waals surface area contributed by atoms with Gasteiger partial charge in [-0.3, -0.25) is 0 Å². The first kappa shape index (κ1) is 11.2. The topological polar surface area (TPSA) is 39.1 Å². The maximum Gasteiger partial charge on any atom is 0.0946 e. The summed E-state index contributed by atoms with van der Waals surface area (Å²) in [5, 5.41) is 3.21. The minimum Gasteiger partial charge on any atom is -0.377 e. The molecule has 1 rings (SSSR count). The standard InChI is InChI=1S/C10H19N3O/c1-8(2)14-6-9(11-3)10-5-12-7-13(10)4/h5,7-9,11H,6H2,1-4H3. The molecule has 0 aliphatic rings. The van der Waals surface area contributed by atoms with Gasteiger partial charge in [0.25, 0.3) is 0 Å². The molecule has 0 saturated carbocycles. The molecule has 0 saturated heterocycles. The van der Waals surface area contributed by atoms with Crippen LogP contribution in [0.15, 0.2) is 12.5 Å². The average molecular weight is 197 g/mol. The molecule has 1 atom stereocenters. The number of aromatic nitrogens is 2. The van der Waals surface area contributed by atoms with Gasteiger partial charge in [-0.05, 0) is 20.9 Å². The Morgan fingerprint density at radius 3 is 2.71 bits per heavy atom. The monoisotopic (exact) mass is 197 g/mol. The second kappa shape index (κ2) is 5.12. The maximum atomic E-state index is 5.57. The van der Waals surface area contributed by atoms with Crippen LogP contribution in [0.25, 0.3) is 0 Å². The predicted molar refractivity (Wildman–Crippen MR) is 56.1 cm³/mol. The van der Waals surface area contributed by atoms with E-state index in [2.05, 4.69) is 10.3 Å². The fourth-order valence-corrected chi connectivity index (χ4v) is 1.31. The third kappa shape index (κ3) is 2.82. The van der Waals surface area contributed by atoms with Gasteiger partial charge in [-0.15, -0.1) is 0 Å². The summed E-state index contributed by atoms with van der Waals surface area (Å²) in [6.45, 7) is 4.75. The molecular weight excluding hydrogens is 178 g/mol. The van der Waals surface area contributed by atoms with Gasteiger partial charge in [0.2, 0.25) is 0 Å². The summed E-state index contributed by atoms with van der Waals surface area (Å²) >= 11 is 0. The zero-order valence-corrected chi connectivity index (χ0v) is 9.32. The Hall–Kier alpha value is -0.870. The molecule has 0 amide bonds. The zero-order valence-electron chi connectivity index (χ0n) is 9.32. The minimum atomic E-state index is 0.213. The fourth-order valence-electron chi connectivity index (χ4n) is 1.31. The van der Waals surface area contributed by atoms with Crippen LogP contribution < -0.4 is 5.32 Å². The number of aryl methyl sites for hydroxylation is 1. The van der Waals surface area contributed by atoms with E-state index in [9.17, 15) is 0 Å². The van der Waals surface area contributed by atoms with Crippen molar-refractivity contribution < 1.29 is 4.74 Å². The molecule has 4 nitrogen and oxygen atoms in total. The second-order valence-corrected chi connectivity index (χ2v) is 3.65. The largest absolute Gasteiger partial charge is 0.377 e. The van der Waals surface area contributed by atoms with E-state index in [1.165, 1.54) is 0 Å². The highest BCUT2D eigenvalue weighted by Gasteiger charge is 2.13. The van der Waals surface area contributed by atoms with E-state index >= 15 is 0 Å². The van der Waals surface area contributed by atoms with E-state index in [1.54, 1.807) is 6.33 Å². The van der Waals surface area contributed by atoms with E-state index in [0.717, 1.165) is 5.69 Å². The minimum absolute atomic E-state index is 0.213. The lowest BCUT2D eigenvalue weighted by Gasteiger charge is -2.18. The number of likely N-dealkylation sites (N-methyl/N-ethyl adjacent to an activating group) is 1. The SMILES string of the molecule is CNC(COC(C)C)c1cncn1C. The molecular formula is C10H19N3O. The smallest absolute Gasteiger partial charge is 0.0946 e. The molecule has 0 spiro atoms. The average Bonchev–Trinajstić information content (AvgIpc) is 2.53.